The highest BCUT2D eigenvalue weighted by Crippen LogP contribution is 2.25. The van der Waals surface area contributed by atoms with Crippen LogP contribution in [0.2, 0.25) is 0 Å². The molecule has 10 nitrogen and oxygen atoms in total. The molecule has 0 aliphatic carbocycles. The summed E-state index contributed by atoms with van der Waals surface area (Å²) in [6, 6.07) is 19.4. The average Bonchev–Trinajstić information content (AvgIpc) is 3.43. The Balaban J connectivity index is 1.53. The fourth-order valence-corrected chi connectivity index (χ4v) is 3.23. The smallest absolute Gasteiger partial charge is 0.350 e. The van der Waals surface area contributed by atoms with E-state index in [0.29, 0.717) is 0 Å². The van der Waals surface area contributed by atoms with Gasteiger partial charge in [-0.15, -0.1) is 5.10 Å². The fraction of sp³-hybridized carbons (Fsp3) is 0.136. The first kappa shape index (κ1) is 20.8. The van der Waals surface area contributed by atoms with Crippen molar-refractivity contribution in [3.8, 4) is 22.8 Å². The van der Waals surface area contributed by atoms with Crippen LogP contribution in [0.5, 0.6) is 5.88 Å². The molecule has 0 bridgehead atoms. The largest absolute Gasteiger partial charge is 0.475 e. The van der Waals surface area contributed by atoms with E-state index in [1.165, 1.54) is 18.0 Å². The second-order valence-corrected chi connectivity index (χ2v) is 6.90. The number of para-hydroxylation sites is 1. The number of carbonyl (C=O) groups is 1. The minimum absolute atomic E-state index is 0.140. The topological polar surface area (TPSA) is 117 Å². The third-order valence-corrected chi connectivity index (χ3v) is 4.74. The van der Waals surface area contributed by atoms with E-state index in [4.69, 9.17) is 9.84 Å². The molecule has 2 aromatic heterocycles. The van der Waals surface area contributed by atoms with Crippen LogP contribution in [0.4, 0.5) is 5.69 Å². The van der Waals surface area contributed by atoms with Crippen LogP contribution in [0, 0.1) is 10.1 Å². The van der Waals surface area contributed by atoms with Gasteiger partial charge < -0.3 is 10.1 Å². The van der Waals surface area contributed by atoms with Crippen molar-refractivity contribution < 1.29 is 14.5 Å². The highest BCUT2D eigenvalue weighted by Gasteiger charge is 2.21. The summed E-state index contributed by atoms with van der Waals surface area (Å²) in [4.78, 5) is 22.9. The van der Waals surface area contributed by atoms with E-state index in [1.54, 1.807) is 4.68 Å². The Bertz CT molecular complexity index is 1230. The molecule has 0 saturated heterocycles. The Hall–Kier alpha value is -4.47. The first-order chi connectivity index (χ1) is 15.5. The van der Waals surface area contributed by atoms with Crippen molar-refractivity contribution in [1.29, 1.82) is 0 Å². The van der Waals surface area contributed by atoms with Crippen molar-refractivity contribution in [2.75, 3.05) is 7.11 Å². The number of amides is 1. The quantitative estimate of drug-likeness (QED) is 0.338. The molecule has 0 fully saturated rings. The minimum Gasteiger partial charge on any atom is -0.475 e. The molecule has 4 aromatic rings. The van der Waals surface area contributed by atoms with Gasteiger partial charge in [0.1, 0.15) is 12.7 Å². The van der Waals surface area contributed by atoms with E-state index < -0.39 is 4.92 Å². The summed E-state index contributed by atoms with van der Waals surface area (Å²) < 4.78 is 7.84. The van der Waals surface area contributed by atoms with Crippen LogP contribution in [-0.4, -0.2) is 37.5 Å². The van der Waals surface area contributed by atoms with Gasteiger partial charge in [0, 0.05) is 23.9 Å². The predicted molar refractivity (Wildman–Crippen MR) is 116 cm³/mol. The van der Waals surface area contributed by atoms with E-state index in [-0.39, 0.29) is 30.6 Å². The predicted octanol–water partition coefficient (Wildman–Crippen LogP) is 2.97. The molecule has 4 rings (SSSR count). The SMILES string of the molecule is COc1nn(CC(=O)NCc2cn(-c3ccccc3)nc2-c2ccccc2)cc1[N+](=O)[O-]. The molecule has 32 heavy (non-hydrogen) atoms. The van der Waals surface area contributed by atoms with E-state index >= 15 is 0 Å². The molecule has 0 saturated carbocycles. The molecule has 10 heteroatoms. The maximum absolute atomic E-state index is 12.5. The minimum atomic E-state index is -0.607. The Kier molecular flexibility index (Phi) is 5.93. The van der Waals surface area contributed by atoms with Gasteiger partial charge in [-0.2, -0.15) is 5.10 Å². The Morgan fingerprint density at radius 1 is 1.06 bits per heavy atom. The van der Waals surface area contributed by atoms with Gasteiger partial charge in [0.2, 0.25) is 5.91 Å². The van der Waals surface area contributed by atoms with Crippen molar-refractivity contribution >= 4 is 11.6 Å². The van der Waals surface area contributed by atoms with Gasteiger partial charge in [-0.1, -0.05) is 48.5 Å². The molecule has 2 heterocycles. The summed E-state index contributed by atoms with van der Waals surface area (Å²) in [5.41, 5.74) is 3.12. The normalized spacial score (nSPS) is 10.7. The van der Waals surface area contributed by atoms with E-state index in [1.807, 2.05) is 66.9 Å². The molecule has 1 amide bonds. The lowest BCUT2D eigenvalue weighted by atomic mass is 10.1. The van der Waals surface area contributed by atoms with Gasteiger partial charge in [0.05, 0.1) is 23.4 Å². The highest BCUT2D eigenvalue weighted by atomic mass is 16.6. The standard InChI is InChI=1S/C22H20N6O4/c1-32-22-19(28(30)31)14-26(25-22)15-20(29)23-12-17-13-27(18-10-6-3-7-11-18)24-21(17)16-8-4-2-5-9-16/h2-11,13-14H,12,15H2,1H3,(H,23,29). The van der Waals surface area contributed by atoms with Gasteiger partial charge in [-0.25, -0.2) is 4.68 Å². The molecule has 1 N–H and O–H groups in total. The van der Waals surface area contributed by atoms with Crippen LogP contribution < -0.4 is 10.1 Å². The zero-order chi connectivity index (χ0) is 22.5. The van der Waals surface area contributed by atoms with E-state index in [0.717, 1.165) is 22.5 Å². The number of nitrogens with one attached hydrogen (secondary N) is 1. The molecule has 162 valence electrons. The Morgan fingerprint density at radius 3 is 2.38 bits per heavy atom. The first-order valence-electron chi connectivity index (χ1n) is 9.77. The number of hydrogen-bond acceptors (Lipinski definition) is 6. The highest BCUT2D eigenvalue weighted by molar-refractivity contribution is 5.76. The Labute approximate surface area is 183 Å². The van der Waals surface area contributed by atoms with Crippen LogP contribution in [0.25, 0.3) is 16.9 Å². The number of nitrogens with zero attached hydrogens (tertiary/aromatic N) is 5. The summed E-state index contributed by atoms with van der Waals surface area (Å²) in [5, 5.41) is 22.5. The molecule has 0 radical (unpaired) electrons. The lowest BCUT2D eigenvalue weighted by Gasteiger charge is -2.06. The van der Waals surface area contributed by atoms with Crippen LogP contribution in [0.3, 0.4) is 0 Å². The summed E-state index contributed by atoms with van der Waals surface area (Å²) in [6.07, 6.45) is 3.04. The van der Waals surface area contributed by atoms with Crippen LogP contribution >= 0.6 is 0 Å². The van der Waals surface area contributed by atoms with Crippen LogP contribution in [0.1, 0.15) is 5.56 Å². The molecule has 0 atom stereocenters. The second kappa shape index (κ2) is 9.13. The first-order valence-corrected chi connectivity index (χ1v) is 9.77. The van der Waals surface area contributed by atoms with Gasteiger partial charge in [0.15, 0.2) is 0 Å². The maximum Gasteiger partial charge on any atom is 0.350 e. The number of methoxy groups -OCH3 is 1. The van der Waals surface area contributed by atoms with E-state index in [9.17, 15) is 14.9 Å². The van der Waals surface area contributed by atoms with Crippen molar-refractivity contribution in [3.63, 3.8) is 0 Å². The molecule has 0 spiro atoms. The van der Waals surface area contributed by atoms with Gasteiger partial charge >= 0.3 is 11.6 Å². The maximum atomic E-state index is 12.5. The van der Waals surface area contributed by atoms with Gasteiger partial charge in [-0.3, -0.25) is 19.6 Å². The van der Waals surface area contributed by atoms with Crippen molar-refractivity contribution in [1.82, 2.24) is 24.9 Å². The number of rotatable bonds is 8. The van der Waals surface area contributed by atoms with Crippen molar-refractivity contribution in [3.05, 3.63) is 88.7 Å². The Morgan fingerprint density at radius 2 is 1.75 bits per heavy atom. The molecule has 2 aromatic carbocycles. The molecular weight excluding hydrogens is 412 g/mol. The second-order valence-electron chi connectivity index (χ2n) is 6.90. The van der Waals surface area contributed by atoms with E-state index in [2.05, 4.69) is 10.4 Å². The monoisotopic (exact) mass is 432 g/mol. The summed E-state index contributed by atoms with van der Waals surface area (Å²) in [6.45, 7) is 0.0497. The molecule has 0 aliphatic heterocycles. The number of nitro groups is 1. The third-order valence-electron chi connectivity index (χ3n) is 4.74. The summed E-state index contributed by atoms with van der Waals surface area (Å²) in [5.74, 6) is -0.491. The zero-order valence-corrected chi connectivity index (χ0v) is 17.2. The number of benzene rings is 2. The third kappa shape index (κ3) is 4.48. The molecule has 0 unspecified atom stereocenters. The average molecular weight is 432 g/mol. The summed E-state index contributed by atoms with van der Waals surface area (Å²) in [7, 11) is 1.29. The molecular formula is C22H20N6O4. The van der Waals surface area contributed by atoms with Gasteiger partial charge in [0.25, 0.3) is 0 Å². The van der Waals surface area contributed by atoms with Crippen LogP contribution in [0.15, 0.2) is 73.1 Å². The lowest BCUT2D eigenvalue weighted by molar-refractivity contribution is -0.385. The number of ether oxygens (including phenoxy) is 1. The van der Waals surface area contributed by atoms with Crippen LogP contribution in [-0.2, 0) is 17.9 Å². The number of aromatic nitrogens is 4. The summed E-state index contributed by atoms with van der Waals surface area (Å²) >= 11 is 0. The van der Waals surface area contributed by atoms with Crippen molar-refractivity contribution in [2.45, 2.75) is 13.1 Å². The fourth-order valence-electron chi connectivity index (χ4n) is 3.23. The number of carbonyl (C=O) groups excluding carboxylic acids is 1. The molecule has 0 aliphatic rings. The number of hydrogen-bond donors (Lipinski definition) is 1. The van der Waals surface area contributed by atoms with Crippen molar-refractivity contribution in [2.24, 2.45) is 0 Å². The van der Waals surface area contributed by atoms with Gasteiger partial charge in [-0.05, 0) is 12.1 Å². The lowest BCUT2D eigenvalue weighted by Crippen LogP contribution is -2.27. The zero-order valence-electron chi connectivity index (χ0n) is 17.2.